The summed E-state index contributed by atoms with van der Waals surface area (Å²) in [4.78, 5) is 2.49. The fourth-order valence-electron chi connectivity index (χ4n) is 9.19. The highest BCUT2D eigenvalue weighted by molar-refractivity contribution is 6.05. The van der Waals surface area contributed by atoms with Gasteiger partial charge in [0.05, 0.1) is 16.8 Å². The van der Waals surface area contributed by atoms with Crippen LogP contribution in [0.3, 0.4) is 0 Å². The Morgan fingerprint density at radius 1 is 0.367 bits per heavy atom. The summed E-state index contributed by atoms with van der Waals surface area (Å²) in [5, 5.41) is 4.93. The van der Waals surface area contributed by atoms with Crippen LogP contribution in [0.4, 0.5) is 17.1 Å². The van der Waals surface area contributed by atoms with E-state index < -0.39 is 5.41 Å². The molecule has 0 bridgehead atoms. The molecule has 0 aliphatic heterocycles. The zero-order valence-corrected chi connectivity index (χ0v) is 27.7. The number of fused-ring (bicyclic) bond motifs is 11. The number of benzene rings is 8. The first-order valence-corrected chi connectivity index (χ1v) is 17.3. The second-order valence-corrected chi connectivity index (χ2v) is 14.1. The third kappa shape index (κ3) is 3.76. The van der Waals surface area contributed by atoms with Crippen molar-refractivity contribution < 1.29 is 0 Å². The molecule has 0 fully saturated rings. The van der Waals surface area contributed by atoms with E-state index in [-0.39, 0.29) is 5.41 Å². The lowest BCUT2D eigenvalue weighted by atomic mass is 9.55. The van der Waals surface area contributed by atoms with E-state index in [0.717, 1.165) is 5.69 Å². The molecule has 2 aliphatic rings. The third-order valence-electron chi connectivity index (χ3n) is 11.3. The molecule has 0 unspecified atom stereocenters. The van der Waals surface area contributed by atoms with Crippen molar-refractivity contribution in [3.8, 4) is 11.1 Å². The Hall–Kier alpha value is -5.92. The average Bonchev–Trinajstić information content (AvgIpc) is 3.45. The topological polar surface area (TPSA) is 3.24 Å². The second-order valence-electron chi connectivity index (χ2n) is 14.1. The molecule has 8 aromatic carbocycles. The van der Waals surface area contributed by atoms with E-state index in [0.29, 0.717) is 0 Å². The van der Waals surface area contributed by atoms with Gasteiger partial charge in [-0.3, -0.25) is 0 Å². The Morgan fingerprint density at radius 3 is 1.41 bits per heavy atom. The Labute approximate surface area is 287 Å². The highest BCUT2D eigenvalue weighted by atomic mass is 15.1. The molecule has 2 aliphatic carbocycles. The first kappa shape index (κ1) is 28.1. The number of nitrogens with zero attached hydrogens (tertiary/aromatic N) is 1. The Balaban J connectivity index is 1.31. The highest BCUT2D eigenvalue weighted by Gasteiger charge is 2.53. The van der Waals surface area contributed by atoms with E-state index in [1.54, 1.807) is 0 Å². The summed E-state index contributed by atoms with van der Waals surface area (Å²) in [6, 6.07) is 65.5. The molecule has 0 N–H and O–H groups in total. The quantitative estimate of drug-likeness (QED) is 0.189. The van der Waals surface area contributed by atoms with E-state index >= 15 is 0 Å². The standard InChI is InChI=1S/C48H35N/c1-47(2)41-25-11-12-26-42(41)48(39-23-9-7-21-37(39)38-22-8-10-24-40(38)48)43-30-29-34(31-44(43)47)49(45-27-13-17-32-15-3-5-19-35(32)45)46-28-14-18-33-16-4-6-20-36(33)46/h3-31H,1-2H3. The van der Waals surface area contributed by atoms with Crippen LogP contribution in [0.25, 0.3) is 32.7 Å². The van der Waals surface area contributed by atoms with Crippen LogP contribution in [0.5, 0.6) is 0 Å². The van der Waals surface area contributed by atoms with Crippen LogP contribution in [-0.2, 0) is 10.8 Å². The lowest BCUT2D eigenvalue weighted by molar-refractivity contribution is 0.563. The molecule has 0 saturated carbocycles. The number of rotatable bonds is 3. The minimum Gasteiger partial charge on any atom is -0.309 e. The second kappa shape index (κ2) is 10.3. The minimum atomic E-state index is -0.406. The van der Waals surface area contributed by atoms with Crippen LogP contribution in [0, 0.1) is 0 Å². The normalized spacial score (nSPS) is 14.7. The summed E-state index contributed by atoms with van der Waals surface area (Å²) in [6.45, 7) is 4.82. The molecule has 8 aromatic rings. The van der Waals surface area contributed by atoms with Gasteiger partial charge in [0, 0.05) is 21.9 Å². The predicted molar refractivity (Wildman–Crippen MR) is 206 cm³/mol. The molecule has 0 aromatic heterocycles. The summed E-state index contributed by atoms with van der Waals surface area (Å²) in [7, 11) is 0. The minimum absolute atomic E-state index is 0.233. The predicted octanol–water partition coefficient (Wildman–Crippen LogP) is 12.5. The molecule has 0 heterocycles. The van der Waals surface area contributed by atoms with Crippen molar-refractivity contribution >= 4 is 38.6 Å². The van der Waals surface area contributed by atoms with Crippen molar-refractivity contribution in [3.05, 3.63) is 209 Å². The first-order valence-electron chi connectivity index (χ1n) is 17.3. The molecule has 0 radical (unpaired) electrons. The monoisotopic (exact) mass is 625 g/mol. The Morgan fingerprint density at radius 2 is 0.816 bits per heavy atom. The Kier molecular flexibility index (Phi) is 5.91. The van der Waals surface area contributed by atoms with Crippen LogP contribution in [0.2, 0.25) is 0 Å². The van der Waals surface area contributed by atoms with Crippen molar-refractivity contribution in [2.24, 2.45) is 0 Å². The van der Waals surface area contributed by atoms with Crippen molar-refractivity contribution in [2.75, 3.05) is 4.90 Å². The van der Waals surface area contributed by atoms with Gasteiger partial charge in [0.2, 0.25) is 0 Å². The van der Waals surface area contributed by atoms with Crippen molar-refractivity contribution in [2.45, 2.75) is 24.7 Å². The summed E-state index contributed by atoms with van der Waals surface area (Å²) in [5.41, 5.74) is 13.8. The molecule has 1 nitrogen and oxygen atoms in total. The number of hydrogen-bond acceptors (Lipinski definition) is 1. The zero-order chi connectivity index (χ0) is 32.7. The molecule has 0 atom stereocenters. The van der Waals surface area contributed by atoms with E-state index in [9.17, 15) is 0 Å². The van der Waals surface area contributed by atoms with Gasteiger partial charge >= 0.3 is 0 Å². The van der Waals surface area contributed by atoms with Gasteiger partial charge in [-0.05, 0) is 79.5 Å². The van der Waals surface area contributed by atoms with E-state index in [1.165, 1.54) is 77.4 Å². The average molecular weight is 626 g/mol. The fourth-order valence-corrected chi connectivity index (χ4v) is 9.19. The van der Waals surface area contributed by atoms with Gasteiger partial charge in [-0.15, -0.1) is 0 Å². The summed E-state index contributed by atoms with van der Waals surface area (Å²) >= 11 is 0. The molecule has 0 amide bonds. The zero-order valence-electron chi connectivity index (χ0n) is 27.7. The smallest absolute Gasteiger partial charge is 0.0719 e. The fraction of sp³-hybridized carbons (Fsp3) is 0.0833. The molecular formula is C48H35N. The van der Waals surface area contributed by atoms with Gasteiger partial charge < -0.3 is 4.90 Å². The van der Waals surface area contributed by atoms with Crippen LogP contribution in [0.1, 0.15) is 47.2 Å². The highest BCUT2D eigenvalue weighted by Crippen LogP contribution is 2.62. The molecule has 1 spiro atoms. The maximum Gasteiger partial charge on any atom is 0.0719 e. The Bertz CT molecular complexity index is 2470. The number of anilines is 3. The molecular weight excluding hydrogens is 591 g/mol. The first-order chi connectivity index (χ1) is 24.1. The maximum atomic E-state index is 2.50. The SMILES string of the molecule is CC1(C)c2ccccc2C2(c3ccccc3-c3ccccc32)c2ccc(N(c3cccc4ccccc34)c3cccc4ccccc34)cc21. The molecule has 232 valence electrons. The lowest BCUT2D eigenvalue weighted by Crippen LogP contribution is -2.40. The maximum absolute atomic E-state index is 2.50. The van der Waals surface area contributed by atoms with Crippen LogP contribution >= 0.6 is 0 Å². The van der Waals surface area contributed by atoms with Crippen LogP contribution < -0.4 is 4.90 Å². The van der Waals surface area contributed by atoms with E-state index in [2.05, 4.69) is 195 Å². The van der Waals surface area contributed by atoms with Gasteiger partial charge in [0.25, 0.3) is 0 Å². The third-order valence-corrected chi connectivity index (χ3v) is 11.3. The van der Waals surface area contributed by atoms with Gasteiger partial charge in [-0.25, -0.2) is 0 Å². The molecule has 0 saturated heterocycles. The largest absolute Gasteiger partial charge is 0.309 e. The lowest BCUT2D eigenvalue weighted by Gasteiger charge is -2.47. The van der Waals surface area contributed by atoms with Crippen LogP contribution in [-0.4, -0.2) is 0 Å². The van der Waals surface area contributed by atoms with E-state index in [1.807, 2.05) is 0 Å². The van der Waals surface area contributed by atoms with Crippen LogP contribution in [0.15, 0.2) is 176 Å². The van der Waals surface area contributed by atoms with Gasteiger partial charge in [-0.2, -0.15) is 0 Å². The molecule has 49 heavy (non-hydrogen) atoms. The van der Waals surface area contributed by atoms with Crippen molar-refractivity contribution in [3.63, 3.8) is 0 Å². The summed E-state index contributed by atoms with van der Waals surface area (Å²) in [5.74, 6) is 0. The number of hydrogen-bond donors (Lipinski definition) is 0. The summed E-state index contributed by atoms with van der Waals surface area (Å²) in [6.07, 6.45) is 0. The van der Waals surface area contributed by atoms with Gasteiger partial charge in [0.15, 0.2) is 0 Å². The molecule has 1 heteroatoms. The van der Waals surface area contributed by atoms with Gasteiger partial charge in [-0.1, -0.05) is 166 Å². The molecule has 10 rings (SSSR count). The summed E-state index contributed by atoms with van der Waals surface area (Å²) < 4.78 is 0. The van der Waals surface area contributed by atoms with Gasteiger partial charge in [0.1, 0.15) is 0 Å². The van der Waals surface area contributed by atoms with Crippen molar-refractivity contribution in [1.82, 2.24) is 0 Å². The van der Waals surface area contributed by atoms with E-state index in [4.69, 9.17) is 0 Å². The van der Waals surface area contributed by atoms with Crippen molar-refractivity contribution in [1.29, 1.82) is 0 Å².